The van der Waals surface area contributed by atoms with Crippen LogP contribution in [0.4, 0.5) is 0 Å². The number of rotatable bonds is 8. The van der Waals surface area contributed by atoms with Crippen LogP contribution in [0.3, 0.4) is 0 Å². The molecule has 3 saturated heterocycles. The van der Waals surface area contributed by atoms with Gasteiger partial charge < -0.3 is 33.9 Å². The fourth-order valence-corrected chi connectivity index (χ4v) is 8.59. The predicted octanol–water partition coefficient (Wildman–Crippen LogP) is 4.61. The van der Waals surface area contributed by atoms with Gasteiger partial charge in [-0.1, -0.05) is 20.8 Å². The number of hydrogen-bond acceptors (Lipinski definition) is 10. The van der Waals surface area contributed by atoms with E-state index in [1.165, 1.54) is 6.42 Å². The molecular formula is C37H69N3O7. The molecule has 3 aliphatic heterocycles. The predicted molar refractivity (Wildman–Crippen MR) is 185 cm³/mol. The van der Waals surface area contributed by atoms with Gasteiger partial charge in [0.05, 0.1) is 17.8 Å². The molecule has 0 saturated carbocycles. The number of Topliss-reactive ketones (excluding diaryl/α,β-unsaturated/α-hetero) is 1. The number of ketones is 1. The number of likely N-dealkylation sites (tertiary alicyclic amines) is 1. The van der Waals surface area contributed by atoms with Crippen LogP contribution in [0.15, 0.2) is 0 Å². The molecule has 0 bridgehead atoms. The van der Waals surface area contributed by atoms with Crippen LogP contribution in [0, 0.1) is 23.2 Å². The van der Waals surface area contributed by atoms with E-state index in [2.05, 4.69) is 30.7 Å². The number of carbonyl (C=O) groups excluding carboxylic acids is 2. The van der Waals surface area contributed by atoms with E-state index in [4.69, 9.17) is 18.9 Å². The van der Waals surface area contributed by atoms with E-state index in [9.17, 15) is 14.7 Å². The quantitative estimate of drug-likeness (QED) is 0.292. The van der Waals surface area contributed by atoms with Gasteiger partial charge in [-0.2, -0.15) is 0 Å². The third-order valence-electron chi connectivity index (χ3n) is 11.5. The lowest BCUT2D eigenvalue weighted by Crippen LogP contribution is -2.59. The Morgan fingerprint density at radius 3 is 2.21 bits per heavy atom. The van der Waals surface area contributed by atoms with Gasteiger partial charge in [-0.05, 0) is 133 Å². The molecule has 0 unspecified atom stereocenters. The number of methoxy groups -OCH3 is 1. The number of aliphatic hydroxyl groups is 1. The van der Waals surface area contributed by atoms with Crippen LogP contribution in [0.2, 0.25) is 0 Å². The average molecular weight is 668 g/mol. The maximum atomic E-state index is 14.4. The fraction of sp³-hybridized carbons (Fsp3) is 0.946. The Kier molecular flexibility index (Phi) is 13.9. The van der Waals surface area contributed by atoms with E-state index < -0.39 is 47.0 Å². The van der Waals surface area contributed by atoms with Crippen molar-refractivity contribution in [1.29, 1.82) is 0 Å². The van der Waals surface area contributed by atoms with Gasteiger partial charge in [0.1, 0.15) is 17.1 Å². The van der Waals surface area contributed by atoms with Crippen molar-refractivity contribution in [3.63, 3.8) is 0 Å². The molecule has 10 heteroatoms. The highest BCUT2D eigenvalue weighted by Gasteiger charge is 2.53. The Bertz CT molecular complexity index is 1030. The highest BCUT2D eigenvalue weighted by molar-refractivity contribution is 6.04. The summed E-state index contributed by atoms with van der Waals surface area (Å²) in [5.41, 5.74) is -3.18. The van der Waals surface area contributed by atoms with E-state index in [0.717, 1.165) is 45.4 Å². The fourth-order valence-electron chi connectivity index (χ4n) is 8.59. The lowest BCUT2D eigenvalue weighted by molar-refractivity contribution is -0.295. The zero-order valence-electron chi connectivity index (χ0n) is 32.0. The zero-order chi connectivity index (χ0) is 35.5. The van der Waals surface area contributed by atoms with Crippen molar-refractivity contribution in [2.45, 2.75) is 149 Å². The van der Waals surface area contributed by atoms with Crippen LogP contribution in [-0.4, -0.2) is 134 Å². The van der Waals surface area contributed by atoms with Crippen molar-refractivity contribution in [2.75, 3.05) is 54.4 Å². The molecule has 3 aliphatic rings. The van der Waals surface area contributed by atoms with Crippen molar-refractivity contribution in [1.82, 2.24) is 14.7 Å². The summed E-state index contributed by atoms with van der Waals surface area (Å²) >= 11 is 0. The van der Waals surface area contributed by atoms with E-state index >= 15 is 0 Å². The Morgan fingerprint density at radius 1 is 1.04 bits per heavy atom. The Morgan fingerprint density at radius 2 is 1.66 bits per heavy atom. The number of nitrogens with zero attached hydrogens (tertiary/aromatic N) is 3. The molecule has 274 valence electrons. The molecule has 0 aromatic rings. The van der Waals surface area contributed by atoms with Crippen LogP contribution >= 0.6 is 0 Å². The molecule has 0 aromatic heterocycles. The summed E-state index contributed by atoms with van der Waals surface area (Å²) in [7, 11) is 7.66. The third kappa shape index (κ3) is 9.56. The number of hydrogen-bond donors (Lipinski definition) is 1. The number of ether oxygens (including phenoxy) is 4. The Balaban J connectivity index is 1.99. The number of likely N-dealkylation sites (N-methyl/N-ethyl adjacent to an activating group) is 2. The maximum Gasteiger partial charge on any atom is 0.319 e. The smallest absolute Gasteiger partial charge is 0.319 e. The molecule has 3 fully saturated rings. The lowest BCUT2D eigenvalue weighted by Gasteiger charge is -2.47. The average Bonchev–Trinajstić information content (AvgIpc) is 2.99. The minimum atomic E-state index is -1.44. The van der Waals surface area contributed by atoms with Crippen molar-refractivity contribution in [3.8, 4) is 0 Å². The van der Waals surface area contributed by atoms with Gasteiger partial charge >= 0.3 is 5.97 Å². The molecule has 47 heavy (non-hydrogen) atoms. The van der Waals surface area contributed by atoms with E-state index in [-0.39, 0.29) is 29.9 Å². The summed E-state index contributed by atoms with van der Waals surface area (Å²) in [4.78, 5) is 35.4. The molecular weight excluding hydrogens is 598 g/mol. The SMILES string of the molecule is CCCN1CCC(C[C@@H]2N(C)C[C@H](C)C[C@@](C)(OC)[C@H](O[C@@H]3O[C@H](C)C[C@H](N(C)C)[C@H]3O)[C@@H](C)C(=O)C(C)(C)C(=O)OC2(C)C)CC1. The van der Waals surface area contributed by atoms with Gasteiger partial charge in [0.2, 0.25) is 0 Å². The first kappa shape index (κ1) is 40.3. The number of aliphatic hydroxyl groups excluding tert-OH is 1. The van der Waals surface area contributed by atoms with Gasteiger partial charge in [-0.15, -0.1) is 0 Å². The highest BCUT2D eigenvalue weighted by atomic mass is 16.7. The first-order chi connectivity index (χ1) is 21.8. The van der Waals surface area contributed by atoms with Gasteiger partial charge in [-0.3, -0.25) is 14.5 Å². The van der Waals surface area contributed by atoms with Gasteiger partial charge in [0, 0.05) is 31.7 Å². The minimum absolute atomic E-state index is 0.0307. The molecule has 1 N–H and O–H groups in total. The Hall–Kier alpha value is -1.14. The Labute approximate surface area is 286 Å². The van der Waals surface area contributed by atoms with Crippen molar-refractivity contribution >= 4 is 11.8 Å². The molecule has 0 amide bonds. The maximum absolute atomic E-state index is 14.4. The monoisotopic (exact) mass is 668 g/mol. The van der Waals surface area contributed by atoms with E-state index in [0.29, 0.717) is 18.8 Å². The zero-order valence-corrected chi connectivity index (χ0v) is 32.0. The van der Waals surface area contributed by atoms with Crippen molar-refractivity contribution in [2.24, 2.45) is 23.2 Å². The largest absolute Gasteiger partial charge is 0.457 e. The second kappa shape index (κ2) is 16.3. The summed E-state index contributed by atoms with van der Waals surface area (Å²) < 4.78 is 25.5. The van der Waals surface area contributed by atoms with Crippen LogP contribution in [0.1, 0.15) is 101 Å². The number of carbonyl (C=O) groups is 2. The summed E-state index contributed by atoms with van der Waals surface area (Å²) in [5.74, 6) is -0.888. The number of cyclic esters (lactones) is 1. The van der Waals surface area contributed by atoms with E-state index in [1.54, 1.807) is 27.9 Å². The van der Waals surface area contributed by atoms with Crippen molar-refractivity contribution in [3.05, 3.63) is 0 Å². The normalized spacial score (nSPS) is 38.8. The molecule has 0 spiro atoms. The lowest BCUT2D eigenvalue weighted by atomic mass is 9.74. The van der Waals surface area contributed by atoms with Gasteiger partial charge in [0.25, 0.3) is 0 Å². The van der Waals surface area contributed by atoms with Crippen LogP contribution in [-0.2, 0) is 28.5 Å². The van der Waals surface area contributed by atoms with Gasteiger partial charge in [0.15, 0.2) is 12.1 Å². The number of esters is 1. The van der Waals surface area contributed by atoms with Gasteiger partial charge in [-0.25, -0.2) is 0 Å². The molecule has 0 aromatic carbocycles. The second-order valence-electron chi connectivity index (χ2n) is 16.7. The van der Waals surface area contributed by atoms with Crippen LogP contribution in [0.5, 0.6) is 0 Å². The molecule has 10 nitrogen and oxygen atoms in total. The summed E-state index contributed by atoms with van der Waals surface area (Å²) in [5, 5.41) is 11.4. The molecule has 3 heterocycles. The van der Waals surface area contributed by atoms with Crippen LogP contribution in [0.25, 0.3) is 0 Å². The minimum Gasteiger partial charge on any atom is -0.457 e. The molecule has 0 aliphatic carbocycles. The second-order valence-corrected chi connectivity index (χ2v) is 16.7. The van der Waals surface area contributed by atoms with E-state index in [1.807, 2.05) is 46.7 Å². The first-order valence-electron chi connectivity index (χ1n) is 18.2. The third-order valence-corrected chi connectivity index (χ3v) is 11.5. The van der Waals surface area contributed by atoms with Crippen molar-refractivity contribution < 1.29 is 33.6 Å². The highest BCUT2D eigenvalue weighted by Crippen LogP contribution is 2.40. The molecule has 0 radical (unpaired) electrons. The van der Waals surface area contributed by atoms with Crippen LogP contribution < -0.4 is 0 Å². The summed E-state index contributed by atoms with van der Waals surface area (Å²) in [6.45, 7) is 21.6. The summed E-state index contributed by atoms with van der Waals surface area (Å²) in [6.07, 6.45) is 2.78. The topological polar surface area (TPSA) is 101 Å². The molecule has 9 atom stereocenters. The molecule has 3 rings (SSSR count). The standard InChI is InChI=1S/C37H69N3O7/c1-14-17-40-18-15-27(16-19-40)21-29-36(7,8)47-34(43)35(5,6)31(42)26(4)32(37(9,44-13)22-24(2)23-39(29)12)46-33-30(41)28(38(10)11)20-25(3)45-33/h24-30,32-33,41H,14-23H2,1-13H3/t24-,25-,26+,28+,29+,30-,32-,33+,37-/m1/s1. The first-order valence-corrected chi connectivity index (χ1v) is 18.2. The number of piperidine rings is 1. The summed E-state index contributed by atoms with van der Waals surface area (Å²) in [6, 6.07) is -0.202.